The molecule has 0 bridgehead atoms. The SMILES string of the molecule is O=C(Nc1cc2ccccc2oc1=O)C1CNC(=O)N(Cc2cccs2)C1=O. The van der Waals surface area contributed by atoms with E-state index in [1.807, 2.05) is 11.4 Å². The molecule has 4 amide bonds. The van der Waals surface area contributed by atoms with E-state index in [9.17, 15) is 19.2 Å². The average molecular weight is 397 g/mol. The summed E-state index contributed by atoms with van der Waals surface area (Å²) in [6.45, 7) is -0.0480. The zero-order valence-corrected chi connectivity index (χ0v) is 15.3. The van der Waals surface area contributed by atoms with Crippen LogP contribution < -0.4 is 16.3 Å². The van der Waals surface area contributed by atoms with Crippen molar-refractivity contribution in [1.29, 1.82) is 0 Å². The van der Waals surface area contributed by atoms with Gasteiger partial charge < -0.3 is 15.1 Å². The molecule has 1 saturated heterocycles. The van der Waals surface area contributed by atoms with Crippen molar-refractivity contribution in [3.05, 3.63) is 63.1 Å². The summed E-state index contributed by atoms with van der Waals surface area (Å²) in [4.78, 5) is 51.3. The number of imide groups is 1. The molecule has 2 aromatic heterocycles. The fraction of sp³-hybridized carbons (Fsp3) is 0.158. The number of hydrogen-bond donors (Lipinski definition) is 2. The monoisotopic (exact) mass is 397 g/mol. The molecule has 4 rings (SSSR count). The molecule has 0 radical (unpaired) electrons. The van der Waals surface area contributed by atoms with Gasteiger partial charge in [0.25, 0.3) is 0 Å². The van der Waals surface area contributed by atoms with Crippen molar-refractivity contribution < 1.29 is 18.8 Å². The highest BCUT2D eigenvalue weighted by Gasteiger charge is 2.39. The lowest BCUT2D eigenvalue weighted by Crippen LogP contribution is -2.57. The van der Waals surface area contributed by atoms with Gasteiger partial charge in [-0.3, -0.25) is 14.5 Å². The summed E-state index contributed by atoms with van der Waals surface area (Å²) >= 11 is 1.41. The number of anilines is 1. The maximum atomic E-state index is 12.7. The highest BCUT2D eigenvalue weighted by atomic mass is 32.1. The molecule has 1 fully saturated rings. The van der Waals surface area contributed by atoms with E-state index < -0.39 is 29.4 Å². The number of carbonyl (C=O) groups excluding carboxylic acids is 3. The van der Waals surface area contributed by atoms with Gasteiger partial charge in [0.05, 0.1) is 6.54 Å². The third kappa shape index (κ3) is 3.39. The minimum atomic E-state index is -1.14. The summed E-state index contributed by atoms with van der Waals surface area (Å²) in [7, 11) is 0. The summed E-state index contributed by atoms with van der Waals surface area (Å²) in [6.07, 6.45) is 0. The van der Waals surface area contributed by atoms with E-state index >= 15 is 0 Å². The van der Waals surface area contributed by atoms with Gasteiger partial charge in [-0.25, -0.2) is 9.59 Å². The number of urea groups is 1. The number of fused-ring (bicyclic) bond motifs is 1. The lowest BCUT2D eigenvalue weighted by atomic mass is 10.0. The minimum absolute atomic E-state index is 0.0572. The van der Waals surface area contributed by atoms with Crippen LogP contribution in [0.5, 0.6) is 0 Å². The van der Waals surface area contributed by atoms with Gasteiger partial charge in [0, 0.05) is 16.8 Å². The summed E-state index contributed by atoms with van der Waals surface area (Å²) in [5.74, 6) is -2.42. The first-order valence-corrected chi connectivity index (χ1v) is 9.36. The second-order valence-corrected chi connectivity index (χ2v) is 7.25. The van der Waals surface area contributed by atoms with Crippen molar-refractivity contribution in [3.8, 4) is 0 Å². The molecule has 1 unspecified atom stereocenters. The summed E-state index contributed by atoms with van der Waals surface area (Å²) in [5, 5.41) is 7.48. The lowest BCUT2D eigenvalue weighted by molar-refractivity contribution is -0.139. The van der Waals surface area contributed by atoms with E-state index in [1.54, 1.807) is 30.3 Å². The molecule has 0 aliphatic carbocycles. The topological polar surface area (TPSA) is 109 Å². The molecule has 142 valence electrons. The van der Waals surface area contributed by atoms with E-state index in [4.69, 9.17) is 4.42 Å². The smallest absolute Gasteiger partial charge is 0.360 e. The van der Waals surface area contributed by atoms with Crippen LogP contribution in [-0.4, -0.2) is 29.3 Å². The van der Waals surface area contributed by atoms with Crippen LogP contribution in [0.4, 0.5) is 10.5 Å². The zero-order valence-electron chi connectivity index (χ0n) is 14.5. The Morgan fingerprint density at radius 2 is 2.04 bits per heavy atom. The maximum absolute atomic E-state index is 12.7. The Kier molecular flexibility index (Phi) is 4.66. The first-order valence-electron chi connectivity index (χ1n) is 8.48. The van der Waals surface area contributed by atoms with Crippen LogP contribution in [0.1, 0.15) is 4.88 Å². The lowest BCUT2D eigenvalue weighted by Gasteiger charge is -2.30. The van der Waals surface area contributed by atoms with Gasteiger partial charge in [0.1, 0.15) is 17.2 Å². The second-order valence-electron chi connectivity index (χ2n) is 6.22. The molecule has 2 N–H and O–H groups in total. The largest absolute Gasteiger partial charge is 0.421 e. The van der Waals surface area contributed by atoms with Gasteiger partial charge in [-0.2, -0.15) is 0 Å². The van der Waals surface area contributed by atoms with Gasteiger partial charge in [0.15, 0.2) is 0 Å². The normalized spacial score (nSPS) is 16.9. The van der Waals surface area contributed by atoms with Gasteiger partial charge in [-0.1, -0.05) is 24.3 Å². The Labute approximate surface area is 162 Å². The van der Waals surface area contributed by atoms with Gasteiger partial charge in [-0.15, -0.1) is 11.3 Å². The fourth-order valence-corrected chi connectivity index (χ4v) is 3.63. The van der Waals surface area contributed by atoms with Gasteiger partial charge >= 0.3 is 11.7 Å². The Morgan fingerprint density at radius 3 is 2.82 bits per heavy atom. The van der Waals surface area contributed by atoms with Crippen molar-refractivity contribution in [2.45, 2.75) is 6.54 Å². The fourth-order valence-electron chi connectivity index (χ4n) is 2.94. The number of nitrogens with zero attached hydrogens (tertiary/aromatic N) is 1. The van der Waals surface area contributed by atoms with E-state index in [0.29, 0.717) is 11.0 Å². The second kappa shape index (κ2) is 7.28. The highest BCUT2D eigenvalue weighted by molar-refractivity contribution is 7.09. The first kappa shape index (κ1) is 17.9. The van der Waals surface area contributed by atoms with Crippen LogP contribution in [0.25, 0.3) is 11.0 Å². The van der Waals surface area contributed by atoms with E-state index in [-0.39, 0.29) is 18.8 Å². The number of benzene rings is 1. The van der Waals surface area contributed by atoms with E-state index in [0.717, 1.165) is 9.78 Å². The molecule has 9 heteroatoms. The first-order chi connectivity index (χ1) is 13.5. The van der Waals surface area contributed by atoms with Crippen molar-refractivity contribution in [2.24, 2.45) is 5.92 Å². The predicted molar refractivity (Wildman–Crippen MR) is 103 cm³/mol. The van der Waals surface area contributed by atoms with Crippen molar-refractivity contribution in [3.63, 3.8) is 0 Å². The van der Waals surface area contributed by atoms with Gasteiger partial charge in [0.2, 0.25) is 11.8 Å². The number of para-hydroxylation sites is 1. The Hall–Kier alpha value is -3.46. The van der Waals surface area contributed by atoms with E-state index in [1.165, 1.54) is 17.4 Å². The molecule has 0 spiro atoms. The summed E-state index contributed by atoms with van der Waals surface area (Å²) in [5.41, 5.74) is -0.373. The quantitative estimate of drug-likeness (QED) is 0.518. The maximum Gasteiger partial charge on any atom is 0.360 e. The number of rotatable bonds is 4. The van der Waals surface area contributed by atoms with E-state index in [2.05, 4.69) is 10.6 Å². The molecule has 1 aromatic carbocycles. The molecular weight excluding hydrogens is 382 g/mol. The summed E-state index contributed by atoms with van der Waals surface area (Å²) in [6, 6.07) is 11.4. The van der Waals surface area contributed by atoms with Crippen LogP contribution in [0.2, 0.25) is 0 Å². The molecule has 1 aliphatic rings. The Morgan fingerprint density at radius 1 is 1.21 bits per heavy atom. The van der Waals surface area contributed by atoms with Gasteiger partial charge in [-0.05, 0) is 23.6 Å². The van der Waals surface area contributed by atoms with Crippen molar-refractivity contribution in [1.82, 2.24) is 10.2 Å². The van der Waals surface area contributed by atoms with Crippen molar-refractivity contribution >= 4 is 45.8 Å². The van der Waals surface area contributed by atoms with Crippen LogP contribution in [-0.2, 0) is 16.1 Å². The number of thiophene rings is 1. The van der Waals surface area contributed by atoms with Crippen molar-refractivity contribution in [2.75, 3.05) is 11.9 Å². The predicted octanol–water partition coefficient (Wildman–Crippen LogP) is 2.16. The standard InChI is InChI=1S/C19H15N3O5S/c23-16(21-14-8-11-4-1-2-6-15(11)27-18(14)25)13-9-20-19(26)22(17(13)24)10-12-5-3-7-28-12/h1-8,13H,9-10H2,(H,20,26)(H,21,23). The molecule has 3 aromatic rings. The number of hydrogen-bond acceptors (Lipinski definition) is 6. The van der Waals surface area contributed by atoms with Crippen LogP contribution in [0.15, 0.2) is 57.1 Å². The minimum Gasteiger partial charge on any atom is -0.421 e. The Bertz CT molecular complexity index is 1120. The number of amides is 4. The molecular formula is C19H15N3O5S. The average Bonchev–Trinajstić information content (AvgIpc) is 3.19. The van der Waals surface area contributed by atoms with Crippen LogP contribution >= 0.6 is 11.3 Å². The third-order valence-electron chi connectivity index (χ3n) is 4.38. The highest BCUT2D eigenvalue weighted by Crippen LogP contribution is 2.19. The zero-order chi connectivity index (χ0) is 19.7. The molecule has 8 nitrogen and oxygen atoms in total. The van der Waals surface area contributed by atoms with Crippen LogP contribution in [0.3, 0.4) is 0 Å². The Balaban J connectivity index is 1.54. The molecule has 0 saturated carbocycles. The third-order valence-corrected chi connectivity index (χ3v) is 5.24. The summed E-state index contributed by atoms with van der Waals surface area (Å²) < 4.78 is 5.18. The molecule has 3 heterocycles. The molecule has 28 heavy (non-hydrogen) atoms. The number of carbonyl (C=O) groups is 3. The molecule has 1 aliphatic heterocycles. The van der Waals surface area contributed by atoms with Crippen LogP contribution in [0, 0.1) is 5.92 Å². The number of nitrogens with one attached hydrogen (secondary N) is 2. The molecule has 1 atom stereocenters.